The van der Waals surface area contributed by atoms with Gasteiger partial charge >= 0.3 is 10.2 Å². The van der Waals surface area contributed by atoms with E-state index >= 15 is 0 Å². The number of nitrogens with one attached hydrogen (secondary N) is 1. The van der Waals surface area contributed by atoms with Gasteiger partial charge in [-0.25, -0.2) is 4.72 Å². The summed E-state index contributed by atoms with van der Waals surface area (Å²) in [5.74, 6) is 0. The number of piperidine rings is 1. The van der Waals surface area contributed by atoms with Gasteiger partial charge in [0.2, 0.25) is 5.13 Å². The summed E-state index contributed by atoms with van der Waals surface area (Å²) in [4.78, 5) is 0. The molecule has 0 aliphatic carbocycles. The van der Waals surface area contributed by atoms with Crippen molar-refractivity contribution in [1.29, 1.82) is 0 Å². The number of nitrogens with zero attached hydrogens (tertiary/aromatic N) is 3. The first-order chi connectivity index (χ1) is 9.06. The lowest BCUT2D eigenvalue weighted by atomic mass is 10.1. The Labute approximate surface area is 116 Å². The molecule has 1 saturated heterocycles. The predicted octanol–water partition coefficient (Wildman–Crippen LogP) is 0.604. The normalized spacial score (nSPS) is 21.5. The van der Waals surface area contributed by atoms with Crippen LogP contribution in [0.2, 0.25) is 0 Å². The summed E-state index contributed by atoms with van der Waals surface area (Å²) in [6.45, 7) is 2.21. The van der Waals surface area contributed by atoms with E-state index in [0.29, 0.717) is 13.0 Å². The van der Waals surface area contributed by atoms with E-state index in [1.807, 2.05) is 6.92 Å². The molecule has 1 unspecified atom stereocenters. The molecule has 1 fully saturated rings. The van der Waals surface area contributed by atoms with E-state index < -0.39 is 10.2 Å². The van der Waals surface area contributed by atoms with Crippen LogP contribution in [0, 0.1) is 0 Å². The van der Waals surface area contributed by atoms with E-state index in [9.17, 15) is 13.5 Å². The number of aryl methyl sites for hydroxylation is 1. The molecule has 19 heavy (non-hydrogen) atoms. The Hall–Kier alpha value is -0.770. The zero-order valence-corrected chi connectivity index (χ0v) is 12.4. The van der Waals surface area contributed by atoms with E-state index in [1.54, 1.807) is 0 Å². The quantitative estimate of drug-likeness (QED) is 0.831. The number of aliphatic hydroxyl groups is 1. The fourth-order valence-electron chi connectivity index (χ4n) is 2.08. The minimum absolute atomic E-state index is 0.156. The van der Waals surface area contributed by atoms with Gasteiger partial charge in [0.15, 0.2) is 0 Å². The second kappa shape index (κ2) is 6.12. The molecule has 2 rings (SSSR count). The number of aliphatic hydroxyl groups excluding tert-OH is 1. The molecular formula is C10H18N4O3S2. The van der Waals surface area contributed by atoms with Crippen LogP contribution in [0.25, 0.3) is 0 Å². The molecule has 1 aromatic rings. The second-order valence-corrected chi connectivity index (χ2v) is 7.09. The molecule has 9 heteroatoms. The molecule has 0 amide bonds. The highest BCUT2D eigenvalue weighted by Crippen LogP contribution is 2.23. The van der Waals surface area contributed by atoms with Crippen molar-refractivity contribution in [1.82, 2.24) is 14.5 Å². The Morgan fingerprint density at radius 2 is 2.26 bits per heavy atom. The molecule has 0 saturated carbocycles. The van der Waals surface area contributed by atoms with E-state index in [1.165, 1.54) is 15.6 Å². The van der Waals surface area contributed by atoms with Gasteiger partial charge in [0.25, 0.3) is 0 Å². The van der Waals surface area contributed by atoms with Gasteiger partial charge in [0, 0.05) is 12.6 Å². The van der Waals surface area contributed by atoms with Crippen molar-refractivity contribution >= 4 is 26.7 Å². The summed E-state index contributed by atoms with van der Waals surface area (Å²) in [6.07, 6.45) is 3.17. The first kappa shape index (κ1) is 14.6. The average molecular weight is 306 g/mol. The van der Waals surface area contributed by atoms with Crippen molar-refractivity contribution in [3.05, 3.63) is 5.01 Å². The van der Waals surface area contributed by atoms with Crippen molar-refractivity contribution in [3.8, 4) is 0 Å². The highest BCUT2D eigenvalue weighted by atomic mass is 32.2. The van der Waals surface area contributed by atoms with Crippen LogP contribution < -0.4 is 4.72 Å². The molecule has 7 nitrogen and oxygen atoms in total. The summed E-state index contributed by atoms with van der Waals surface area (Å²) >= 11 is 1.23. The lowest BCUT2D eigenvalue weighted by Crippen LogP contribution is -2.47. The van der Waals surface area contributed by atoms with Crippen molar-refractivity contribution in [3.63, 3.8) is 0 Å². The first-order valence-electron chi connectivity index (χ1n) is 6.29. The maximum absolute atomic E-state index is 12.3. The highest BCUT2D eigenvalue weighted by Gasteiger charge is 2.32. The smallest absolute Gasteiger partial charge is 0.303 e. The topological polar surface area (TPSA) is 95.4 Å². The van der Waals surface area contributed by atoms with Crippen LogP contribution in [0.5, 0.6) is 0 Å². The van der Waals surface area contributed by atoms with Crippen molar-refractivity contribution in [2.75, 3.05) is 17.9 Å². The largest absolute Gasteiger partial charge is 0.395 e. The third kappa shape index (κ3) is 3.41. The van der Waals surface area contributed by atoms with Gasteiger partial charge in [-0.1, -0.05) is 24.7 Å². The Balaban J connectivity index is 2.12. The summed E-state index contributed by atoms with van der Waals surface area (Å²) in [5, 5.41) is 18.0. The summed E-state index contributed by atoms with van der Waals surface area (Å²) in [6, 6.07) is -0.343. The molecular weight excluding hydrogens is 288 g/mol. The zero-order valence-electron chi connectivity index (χ0n) is 10.7. The number of hydrogen-bond donors (Lipinski definition) is 2. The number of aromatic nitrogens is 2. The number of anilines is 1. The lowest BCUT2D eigenvalue weighted by Gasteiger charge is -2.32. The van der Waals surface area contributed by atoms with Crippen molar-refractivity contribution in [2.24, 2.45) is 0 Å². The molecule has 1 aliphatic heterocycles. The van der Waals surface area contributed by atoms with Gasteiger partial charge < -0.3 is 5.11 Å². The number of rotatable bonds is 5. The summed E-state index contributed by atoms with van der Waals surface area (Å²) < 4.78 is 28.3. The first-order valence-corrected chi connectivity index (χ1v) is 8.55. The molecule has 2 N–H and O–H groups in total. The molecule has 1 atom stereocenters. The summed E-state index contributed by atoms with van der Waals surface area (Å²) in [7, 11) is -3.66. The zero-order chi connectivity index (χ0) is 13.9. The molecule has 1 aromatic heterocycles. The van der Waals surface area contributed by atoms with Crippen molar-refractivity contribution < 1.29 is 13.5 Å². The van der Waals surface area contributed by atoms with Gasteiger partial charge in [0.1, 0.15) is 5.01 Å². The standard InChI is InChI=1S/C10H18N4O3S2/c1-2-9-11-12-10(18-9)13-19(16,17)14-6-4-3-5-8(14)7-15/h8,15H,2-7H2,1H3,(H,12,13). The third-order valence-corrected chi connectivity index (χ3v) is 5.74. The van der Waals surface area contributed by atoms with Gasteiger partial charge in [0.05, 0.1) is 6.61 Å². The Morgan fingerprint density at radius 3 is 2.89 bits per heavy atom. The Bertz CT molecular complexity index is 517. The molecule has 108 valence electrons. The van der Waals surface area contributed by atoms with Gasteiger partial charge in [-0.2, -0.15) is 12.7 Å². The Kier molecular flexibility index (Phi) is 4.71. The van der Waals surface area contributed by atoms with Gasteiger partial charge in [-0.05, 0) is 19.3 Å². The average Bonchev–Trinajstić information content (AvgIpc) is 2.85. The minimum Gasteiger partial charge on any atom is -0.395 e. The Morgan fingerprint density at radius 1 is 1.47 bits per heavy atom. The van der Waals surface area contributed by atoms with E-state index in [-0.39, 0.29) is 17.8 Å². The van der Waals surface area contributed by atoms with E-state index in [0.717, 1.165) is 24.3 Å². The van der Waals surface area contributed by atoms with Crippen LogP contribution in [0.3, 0.4) is 0 Å². The fourth-order valence-corrected chi connectivity index (χ4v) is 4.41. The fraction of sp³-hybridized carbons (Fsp3) is 0.800. The SMILES string of the molecule is CCc1nnc(NS(=O)(=O)N2CCCCC2CO)s1. The molecule has 0 radical (unpaired) electrons. The van der Waals surface area contributed by atoms with Gasteiger partial charge in [-0.3, -0.25) is 0 Å². The van der Waals surface area contributed by atoms with E-state index in [4.69, 9.17) is 0 Å². The highest BCUT2D eigenvalue weighted by molar-refractivity contribution is 7.90. The minimum atomic E-state index is -3.66. The monoisotopic (exact) mass is 306 g/mol. The maximum Gasteiger partial charge on any atom is 0.303 e. The van der Waals surface area contributed by atoms with Gasteiger partial charge in [-0.15, -0.1) is 10.2 Å². The van der Waals surface area contributed by atoms with E-state index in [2.05, 4.69) is 14.9 Å². The second-order valence-electron chi connectivity index (χ2n) is 4.40. The number of hydrogen-bond acceptors (Lipinski definition) is 6. The molecule has 0 spiro atoms. The van der Waals surface area contributed by atoms with Crippen LogP contribution in [0.15, 0.2) is 0 Å². The molecule has 2 heterocycles. The lowest BCUT2D eigenvalue weighted by molar-refractivity contribution is 0.156. The molecule has 0 bridgehead atoms. The maximum atomic E-state index is 12.3. The molecule has 1 aliphatic rings. The predicted molar refractivity (Wildman–Crippen MR) is 73.3 cm³/mol. The molecule has 0 aromatic carbocycles. The van der Waals surface area contributed by atoms with Crippen LogP contribution in [0.4, 0.5) is 5.13 Å². The van der Waals surface area contributed by atoms with Crippen molar-refractivity contribution in [2.45, 2.75) is 38.6 Å². The van der Waals surface area contributed by atoms with Crippen LogP contribution in [-0.4, -0.2) is 47.2 Å². The van der Waals surface area contributed by atoms with Crippen LogP contribution in [-0.2, 0) is 16.6 Å². The summed E-state index contributed by atoms with van der Waals surface area (Å²) in [5.41, 5.74) is 0. The van der Waals surface area contributed by atoms with Crippen LogP contribution >= 0.6 is 11.3 Å². The third-order valence-electron chi connectivity index (χ3n) is 3.08. The van der Waals surface area contributed by atoms with Crippen LogP contribution in [0.1, 0.15) is 31.2 Å².